The molecule has 0 spiro atoms. The lowest BCUT2D eigenvalue weighted by molar-refractivity contribution is -0.140. The van der Waals surface area contributed by atoms with Crippen LogP contribution in [-0.4, -0.2) is 43.7 Å². The van der Waals surface area contributed by atoms with Gasteiger partial charge < -0.3 is 15.4 Å². The van der Waals surface area contributed by atoms with Crippen molar-refractivity contribution in [2.45, 2.75) is 19.3 Å². The summed E-state index contributed by atoms with van der Waals surface area (Å²) < 4.78 is 5.46. The molecule has 0 aromatic rings. The first-order valence-electron chi connectivity index (χ1n) is 5.88. The number of likely N-dealkylation sites (tertiary alicyclic amines) is 1. The van der Waals surface area contributed by atoms with Gasteiger partial charge in [0.15, 0.2) is 0 Å². The Balaban J connectivity index is 1.51. The lowest BCUT2D eigenvalue weighted by atomic mass is 10.0. The highest BCUT2D eigenvalue weighted by Crippen LogP contribution is 2.33. The van der Waals surface area contributed by atoms with Crippen molar-refractivity contribution in [1.82, 2.24) is 4.90 Å². The molecule has 2 N–H and O–H groups in total. The van der Waals surface area contributed by atoms with E-state index in [4.69, 9.17) is 10.5 Å². The summed E-state index contributed by atoms with van der Waals surface area (Å²) in [7, 11) is 0. The third kappa shape index (κ3) is 2.92. The fraction of sp³-hybridized carbons (Fsp3) is 0.909. The predicted molar refractivity (Wildman–Crippen MR) is 57.3 cm³/mol. The van der Waals surface area contributed by atoms with Gasteiger partial charge in [0.2, 0.25) is 5.91 Å². The molecule has 15 heavy (non-hydrogen) atoms. The Bertz CT molecular complexity index is 223. The van der Waals surface area contributed by atoms with E-state index in [0.29, 0.717) is 24.3 Å². The summed E-state index contributed by atoms with van der Waals surface area (Å²) in [6.07, 6.45) is 3.14. The highest BCUT2D eigenvalue weighted by Gasteiger charge is 2.38. The maximum Gasteiger partial charge on any atom is 0.225 e. The molecule has 0 unspecified atom stereocenters. The minimum atomic E-state index is 0.365. The van der Waals surface area contributed by atoms with Gasteiger partial charge in [-0.2, -0.15) is 0 Å². The average molecular weight is 212 g/mol. The van der Waals surface area contributed by atoms with E-state index in [0.717, 1.165) is 45.6 Å². The standard InChI is InChI=1S/C11H20N2O2/c12-4-1-5-15-8-9-6-13(7-9)11(14)10-2-3-10/h9-10H,1-8,12H2. The number of hydrogen-bond acceptors (Lipinski definition) is 3. The summed E-state index contributed by atoms with van der Waals surface area (Å²) in [5.41, 5.74) is 5.36. The van der Waals surface area contributed by atoms with Gasteiger partial charge in [-0.3, -0.25) is 4.79 Å². The summed E-state index contributed by atoms with van der Waals surface area (Å²) in [5.74, 6) is 1.29. The molecule has 2 fully saturated rings. The molecule has 4 nitrogen and oxygen atoms in total. The zero-order chi connectivity index (χ0) is 10.7. The predicted octanol–water partition coefficient (Wildman–Crippen LogP) is 0.220. The van der Waals surface area contributed by atoms with Crippen molar-refractivity contribution in [3.8, 4) is 0 Å². The highest BCUT2D eigenvalue weighted by atomic mass is 16.5. The van der Waals surface area contributed by atoms with Gasteiger partial charge in [0.05, 0.1) is 6.61 Å². The van der Waals surface area contributed by atoms with Gasteiger partial charge >= 0.3 is 0 Å². The molecule has 2 rings (SSSR count). The van der Waals surface area contributed by atoms with E-state index in [9.17, 15) is 4.79 Å². The number of rotatable bonds is 6. The highest BCUT2D eigenvalue weighted by molar-refractivity contribution is 5.81. The summed E-state index contributed by atoms with van der Waals surface area (Å²) in [6, 6.07) is 0. The monoisotopic (exact) mass is 212 g/mol. The van der Waals surface area contributed by atoms with E-state index in [1.54, 1.807) is 0 Å². The van der Waals surface area contributed by atoms with E-state index in [-0.39, 0.29) is 0 Å². The Morgan fingerprint density at radius 1 is 1.40 bits per heavy atom. The molecule has 0 aromatic carbocycles. The minimum Gasteiger partial charge on any atom is -0.381 e. The van der Waals surface area contributed by atoms with Crippen LogP contribution < -0.4 is 5.73 Å². The number of amides is 1. The van der Waals surface area contributed by atoms with Crippen LogP contribution in [0.3, 0.4) is 0 Å². The molecule has 1 aliphatic carbocycles. The molecule has 1 heterocycles. The smallest absolute Gasteiger partial charge is 0.225 e. The second-order valence-corrected chi connectivity index (χ2v) is 4.60. The maximum atomic E-state index is 11.6. The molecule has 1 amide bonds. The van der Waals surface area contributed by atoms with Gasteiger partial charge in [-0.25, -0.2) is 0 Å². The topological polar surface area (TPSA) is 55.6 Å². The van der Waals surface area contributed by atoms with Crippen LogP contribution in [0.4, 0.5) is 0 Å². The number of nitrogens with zero attached hydrogens (tertiary/aromatic N) is 1. The zero-order valence-corrected chi connectivity index (χ0v) is 9.15. The van der Waals surface area contributed by atoms with Crippen LogP contribution in [0.25, 0.3) is 0 Å². The Kier molecular flexibility index (Phi) is 3.59. The molecule has 86 valence electrons. The van der Waals surface area contributed by atoms with Crippen molar-refractivity contribution in [3.63, 3.8) is 0 Å². The fourth-order valence-corrected chi connectivity index (χ4v) is 1.88. The quantitative estimate of drug-likeness (QED) is 0.641. The molecule has 1 aliphatic heterocycles. The fourth-order valence-electron chi connectivity index (χ4n) is 1.88. The molecule has 1 saturated heterocycles. The van der Waals surface area contributed by atoms with Crippen LogP contribution in [0.2, 0.25) is 0 Å². The molecular weight excluding hydrogens is 192 g/mol. The Morgan fingerprint density at radius 2 is 2.13 bits per heavy atom. The summed E-state index contributed by atoms with van der Waals surface area (Å²) in [4.78, 5) is 13.5. The molecule has 0 bridgehead atoms. The van der Waals surface area contributed by atoms with Crippen molar-refractivity contribution in [3.05, 3.63) is 0 Å². The van der Waals surface area contributed by atoms with Crippen molar-refractivity contribution < 1.29 is 9.53 Å². The second kappa shape index (κ2) is 4.94. The SMILES string of the molecule is NCCCOCC1CN(C(=O)C2CC2)C1. The van der Waals surface area contributed by atoms with Gasteiger partial charge in [-0.05, 0) is 25.8 Å². The average Bonchev–Trinajstić information content (AvgIpc) is 2.97. The number of ether oxygens (including phenoxy) is 1. The molecule has 0 radical (unpaired) electrons. The zero-order valence-electron chi connectivity index (χ0n) is 9.15. The third-order valence-corrected chi connectivity index (χ3v) is 3.04. The molecule has 1 saturated carbocycles. The van der Waals surface area contributed by atoms with Crippen LogP contribution >= 0.6 is 0 Å². The second-order valence-electron chi connectivity index (χ2n) is 4.60. The van der Waals surface area contributed by atoms with Gasteiger partial charge in [0.25, 0.3) is 0 Å². The Morgan fingerprint density at radius 3 is 2.73 bits per heavy atom. The van der Waals surface area contributed by atoms with Gasteiger partial charge in [0, 0.05) is 31.5 Å². The van der Waals surface area contributed by atoms with Crippen LogP contribution in [0.5, 0.6) is 0 Å². The molecule has 4 heteroatoms. The maximum absolute atomic E-state index is 11.6. The third-order valence-electron chi connectivity index (χ3n) is 3.04. The Hall–Kier alpha value is -0.610. The van der Waals surface area contributed by atoms with Gasteiger partial charge in [-0.1, -0.05) is 0 Å². The van der Waals surface area contributed by atoms with E-state index in [2.05, 4.69) is 0 Å². The number of carbonyl (C=O) groups excluding carboxylic acids is 1. The number of nitrogens with two attached hydrogens (primary N) is 1. The van der Waals surface area contributed by atoms with Crippen molar-refractivity contribution in [1.29, 1.82) is 0 Å². The van der Waals surface area contributed by atoms with Crippen LogP contribution in [0.1, 0.15) is 19.3 Å². The number of hydrogen-bond donors (Lipinski definition) is 1. The normalized spacial score (nSPS) is 21.5. The van der Waals surface area contributed by atoms with Crippen LogP contribution in [0.15, 0.2) is 0 Å². The largest absolute Gasteiger partial charge is 0.381 e. The van der Waals surface area contributed by atoms with Gasteiger partial charge in [-0.15, -0.1) is 0 Å². The van der Waals surface area contributed by atoms with Crippen molar-refractivity contribution in [2.24, 2.45) is 17.6 Å². The minimum absolute atomic E-state index is 0.365. The van der Waals surface area contributed by atoms with E-state index in [1.165, 1.54) is 0 Å². The molecular formula is C11H20N2O2. The Labute approximate surface area is 90.8 Å². The lowest BCUT2D eigenvalue weighted by Gasteiger charge is -2.39. The lowest BCUT2D eigenvalue weighted by Crippen LogP contribution is -2.52. The van der Waals surface area contributed by atoms with Crippen LogP contribution in [-0.2, 0) is 9.53 Å². The first-order chi connectivity index (χ1) is 7.31. The molecule has 2 aliphatic rings. The van der Waals surface area contributed by atoms with Crippen LogP contribution in [0, 0.1) is 11.8 Å². The summed E-state index contributed by atoms with van der Waals surface area (Å²) in [6.45, 7) is 4.03. The van der Waals surface area contributed by atoms with Crippen molar-refractivity contribution in [2.75, 3.05) is 32.8 Å². The van der Waals surface area contributed by atoms with E-state index >= 15 is 0 Å². The van der Waals surface area contributed by atoms with Gasteiger partial charge in [0.1, 0.15) is 0 Å². The number of carbonyl (C=O) groups is 1. The van der Waals surface area contributed by atoms with Crippen molar-refractivity contribution >= 4 is 5.91 Å². The molecule has 0 atom stereocenters. The first-order valence-corrected chi connectivity index (χ1v) is 5.88. The summed E-state index contributed by atoms with van der Waals surface area (Å²) in [5, 5.41) is 0. The van der Waals surface area contributed by atoms with E-state index in [1.807, 2.05) is 4.90 Å². The molecule has 0 aromatic heterocycles. The first kappa shape index (κ1) is 10.9. The van der Waals surface area contributed by atoms with E-state index < -0.39 is 0 Å². The summed E-state index contributed by atoms with van der Waals surface area (Å²) >= 11 is 0.